The maximum absolute atomic E-state index is 9.54. The normalized spacial score (nSPS) is 43.3. The van der Waals surface area contributed by atoms with Gasteiger partial charge in [0.05, 0.1) is 31.5 Å². The van der Waals surface area contributed by atoms with Crippen LogP contribution in [0, 0.1) is 46.3 Å². The minimum Gasteiger partial charge on any atom is -0.396 e. The van der Waals surface area contributed by atoms with Crippen LogP contribution in [0.2, 0.25) is 0 Å². The zero-order valence-corrected chi connectivity index (χ0v) is 24.6. The van der Waals surface area contributed by atoms with Crippen molar-refractivity contribution in [2.75, 3.05) is 46.1 Å². The van der Waals surface area contributed by atoms with E-state index in [2.05, 4.69) is 20.8 Å². The standard InChI is InChI=1S/C31H59N3O4/c1-21(6-4-14-35)24-7-8-25-29-26(20-28(31(24,25)3)38-17-13-34)30(2)10-9-23(36-16-12-33)18-22(30)19-27(29)37-15-5-11-32/h21-29,35H,4-20,32-34H2,1-3H3/t21-,22?,23-,24?,25?,26+,27-,28+,29?,30?,31?/m1/s1. The van der Waals surface area contributed by atoms with Crippen molar-refractivity contribution >= 4 is 0 Å². The summed E-state index contributed by atoms with van der Waals surface area (Å²) in [7, 11) is 0. The van der Waals surface area contributed by atoms with Gasteiger partial charge in [0.2, 0.25) is 0 Å². The molecule has 4 aliphatic carbocycles. The van der Waals surface area contributed by atoms with Crippen LogP contribution < -0.4 is 17.2 Å². The summed E-state index contributed by atoms with van der Waals surface area (Å²) in [5.41, 5.74) is 18.0. The van der Waals surface area contributed by atoms with Crippen LogP contribution in [-0.2, 0) is 14.2 Å². The Balaban J connectivity index is 1.66. The topological polar surface area (TPSA) is 126 Å². The van der Waals surface area contributed by atoms with Gasteiger partial charge in [0, 0.05) is 31.7 Å². The van der Waals surface area contributed by atoms with Crippen LogP contribution in [-0.4, -0.2) is 69.5 Å². The Morgan fingerprint density at radius 3 is 2.32 bits per heavy atom. The van der Waals surface area contributed by atoms with E-state index in [9.17, 15) is 5.11 Å². The fourth-order valence-corrected chi connectivity index (χ4v) is 10.0. The third kappa shape index (κ3) is 5.86. The van der Waals surface area contributed by atoms with E-state index in [1.165, 1.54) is 19.3 Å². The second-order valence-electron chi connectivity index (χ2n) is 13.6. The van der Waals surface area contributed by atoms with Crippen molar-refractivity contribution < 1.29 is 19.3 Å². The van der Waals surface area contributed by atoms with Crippen molar-refractivity contribution in [2.24, 2.45) is 63.5 Å². The number of aliphatic hydroxyl groups is 1. The minimum absolute atomic E-state index is 0.116. The summed E-state index contributed by atoms with van der Waals surface area (Å²) in [6.07, 6.45) is 11.9. The van der Waals surface area contributed by atoms with E-state index in [1.54, 1.807) is 0 Å². The molecule has 4 rings (SSSR count). The van der Waals surface area contributed by atoms with E-state index >= 15 is 0 Å². The average molecular weight is 538 g/mol. The molecule has 0 saturated heterocycles. The van der Waals surface area contributed by atoms with Gasteiger partial charge in [-0.15, -0.1) is 0 Å². The molecule has 6 unspecified atom stereocenters. The van der Waals surface area contributed by atoms with Gasteiger partial charge in [0.1, 0.15) is 0 Å². The van der Waals surface area contributed by atoms with Crippen molar-refractivity contribution in [1.29, 1.82) is 0 Å². The Bertz CT molecular complexity index is 727. The first kappa shape index (κ1) is 30.7. The number of nitrogens with two attached hydrogens (primary N) is 3. The Morgan fingerprint density at radius 2 is 1.61 bits per heavy atom. The van der Waals surface area contributed by atoms with Gasteiger partial charge < -0.3 is 36.5 Å². The summed E-state index contributed by atoms with van der Waals surface area (Å²) in [4.78, 5) is 0. The molecule has 0 aliphatic heterocycles. The Labute approximate surface area is 232 Å². The molecule has 11 atom stereocenters. The minimum atomic E-state index is 0.116. The number of rotatable bonds is 14. The molecule has 0 aromatic carbocycles. The van der Waals surface area contributed by atoms with Gasteiger partial charge in [-0.3, -0.25) is 0 Å². The first-order valence-corrected chi connectivity index (χ1v) is 15.9. The third-order valence-corrected chi connectivity index (χ3v) is 11.8. The SMILES string of the molecule is C[C@H](CCCO)C1CCC2C3[C@H](OCCCN)CC4C[C@H](OCCN)CCC4(C)[C@H]3C[C@H](OCCN)C21C. The lowest BCUT2D eigenvalue weighted by Gasteiger charge is -2.65. The molecule has 4 aliphatic rings. The fraction of sp³-hybridized carbons (Fsp3) is 1.00. The second-order valence-corrected chi connectivity index (χ2v) is 13.6. The van der Waals surface area contributed by atoms with E-state index in [-0.39, 0.29) is 29.6 Å². The molecule has 7 heteroatoms. The summed E-state index contributed by atoms with van der Waals surface area (Å²) >= 11 is 0. The summed E-state index contributed by atoms with van der Waals surface area (Å²) in [6, 6.07) is 0. The van der Waals surface area contributed by atoms with Gasteiger partial charge in [0.15, 0.2) is 0 Å². The van der Waals surface area contributed by atoms with Gasteiger partial charge in [-0.25, -0.2) is 0 Å². The number of hydrogen-bond acceptors (Lipinski definition) is 7. The molecule has 0 aromatic heterocycles. The molecule has 0 aromatic rings. The second kappa shape index (κ2) is 13.6. The lowest BCUT2D eigenvalue weighted by molar-refractivity contribution is -0.227. The van der Waals surface area contributed by atoms with Crippen molar-refractivity contribution in [3.05, 3.63) is 0 Å². The van der Waals surface area contributed by atoms with E-state index in [4.69, 9.17) is 31.4 Å². The predicted octanol–water partition coefficient (Wildman–Crippen LogP) is 3.70. The number of ether oxygens (including phenoxy) is 3. The van der Waals surface area contributed by atoms with Gasteiger partial charge in [-0.1, -0.05) is 20.8 Å². The van der Waals surface area contributed by atoms with Crippen LogP contribution in [0.25, 0.3) is 0 Å². The summed E-state index contributed by atoms with van der Waals surface area (Å²) in [6.45, 7) is 11.7. The molecule has 0 spiro atoms. The smallest absolute Gasteiger partial charge is 0.0637 e. The highest BCUT2D eigenvalue weighted by Crippen LogP contribution is 2.69. The molecule has 7 nitrogen and oxygen atoms in total. The first-order chi connectivity index (χ1) is 18.3. The lowest BCUT2D eigenvalue weighted by Crippen LogP contribution is -2.63. The molecular weight excluding hydrogens is 478 g/mol. The van der Waals surface area contributed by atoms with Crippen LogP contribution >= 0.6 is 0 Å². The molecule has 4 saturated carbocycles. The van der Waals surface area contributed by atoms with E-state index in [0.717, 1.165) is 51.6 Å². The van der Waals surface area contributed by atoms with E-state index < -0.39 is 0 Å². The molecule has 0 bridgehead atoms. The Hall–Kier alpha value is -0.280. The monoisotopic (exact) mass is 537 g/mol. The van der Waals surface area contributed by atoms with Crippen molar-refractivity contribution in [2.45, 2.75) is 103 Å². The molecule has 0 amide bonds. The van der Waals surface area contributed by atoms with E-state index in [1.807, 2.05) is 0 Å². The molecule has 222 valence electrons. The lowest BCUT2D eigenvalue weighted by atomic mass is 9.43. The van der Waals surface area contributed by atoms with Crippen molar-refractivity contribution in [3.63, 3.8) is 0 Å². The van der Waals surface area contributed by atoms with Crippen LogP contribution in [0.4, 0.5) is 0 Å². The first-order valence-electron chi connectivity index (χ1n) is 15.9. The van der Waals surface area contributed by atoms with Crippen LogP contribution in [0.3, 0.4) is 0 Å². The highest BCUT2D eigenvalue weighted by molar-refractivity contribution is 5.15. The van der Waals surface area contributed by atoms with E-state index in [0.29, 0.717) is 74.5 Å². The largest absolute Gasteiger partial charge is 0.396 e. The van der Waals surface area contributed by atoms with Crippen LogP contribution in [0.5, 0.6) is 0 Å². The number of aliphatic hydroxyl groups excluding tert-OH is 1. The van der Waals surface area contributed by atoms with Gasteiger partial charge in [0.25, 0.3) is 0 Å². The summed E-state index contributed by atoms with van der Waals surface area (Å²) in [5.74, 6) is 3.54. The molecular formula is C31H59N3O4. The van der Waals surface area contributed by atoms with Gasteiger partial charge in [-0.05, 0) is 112 Å². The number of fused-ring (bicyclic) bond motifs is 5. The highest BCUT2D eigenvalue weighted by atomic mass is 16.5. The Morgan fingerprint density at radius 1 is 0.842 bits per heavy atom. The third-order valence-electron chi connectivity index (χ3n) is 11.8. The molecule has 0 radical (unpaired) electrons. The zero-order chi connectivity index (χ0) is 27.3. The molecule has 7 N–H and O–H groups in total. The summed E-state index contributed by atoms with van der Waals surface area (Å²) < 4.78 is 19.7. The van der Waals surface area contributed by atoms with Gasteiger partial charge >= 0.3 is 0 Å². The average Bonchev–Trinajstić information content (AvgIpc) is 3.27. The fourth-order valence-electron chi connectivity index (χ4n) is 10.0. The number of hydrogen-bond donors (Lipinski definition) is 4. The summed E-state index contributed by atoms with van der Waals surface area (Å²) in [5, 5.41) is 9.54. The molecule has 0 heterocycles. The maximum atomic E-state index is 9.54. The van der Waals surface area contributed by atoms with Crippen molar-refractivity contribution in [3.8, 4) is 0 Å². The predicted molar refractivity (Wildman–Crippen MR) is 152 cm³/mol. The maximum Gasteiger partial charge on any atom is 0.0637 e. The van der Waals surface area contributed by atoms with Crippen LogP contribution in [0.15, 0.2) is 0 Å². The molecule has 38 heavy (non-hydrogen) atoms. The quantitative estimate of drug-likeness (QED) is 0.249. The zero-order valence-electron chi connectivity index (χ0n) is 24.6. The highest BCUT2D eigenvalue weighted by Gasteiger charge is 2.66. The van der Waals surface area contributed by atoms with Gasteiger partial charge in [-0.2, -0.15) is 0 Å². The van der Waals surface area contributed by atoms with Crippen LogP contribution in [0.1, 0.15) is 85.0 Å². The molecule has 4 fully saturated rings. The van der Waals surface area contributed by atoms with Crippen molar-refractivity contribution in [1.82, 2.24) is 0 Å². The Kier molecular flexibility index (Phi) is 11.0.